The fourth-order valence-electron chi connectivity index (χ4n) is 2.09. The number of methoxy groups -OCH3 is 1. The summed E-state index contributed by atoms with van der Waals surface area (Å²) in [5, 5.41) is 3.44. The van der Waals surface area contributed by atoms with Crippen molar-refractivity contribution < 1.29 is 4.74 Å². The van der Waals surface area contributed by atoms with Crippen LogP contribution in [0, 0.1) is 0 Å². The second-order valence-corrected chi connectivity index (χ2v) is 4.95. The first-order valence-electron chi connectivity index (χ1n) is 6.01. The Hall–Kier alpha value is -1.14. The van der Waals surface area contributed by atoms with Gasteiger partial charge in [-0.15, -0.1) is 0 Å². The van der Waals surface area contributed by atoms with Crippen LogP contribution in [-0.2, 0) is 0 Å². The van der Waals surface area contributed by atoms with Crippen molar-refractivity contribution in [1.82, 2.24) is 19.9 Å². The standard InChI is InChI=1S/C11H18ClN5O/c1-7-6-8(4-5-17(7)2)13-10-14-9(12)15-11(16-10)18-3/h7-8H,4-6H2,1-3H3,(H,13,14,15,16). The van der Waals surface area contributed by atoms with Gasteiger partial charge in [0.15, 0.2) is 0 Å². The zero-order valence-electron chi connectivity index (χ0n) is 10.9. The van der Waals surface area contributed by atoms with Gasteiger partial charge in [-0.05, 0) is 38.4 Å². The van der Waals surface area contributed by atoms with E-state index >= 15 is 0 Å². The highest BCUT2D eigenvalue weighted by Gasteiger charge is 2.23. The molecule has 1 aliphatic rings. The molecule has 2 atom stereocenters. The lowest BCUT2D eigenvalue weighted by Crippen LogP contribution is -2.42. The SMILES string of the molecule is COc1nc(Cl)nc(NC2CCN(C)C(C)C2)n1. The van der Waals surface area contributed by atoms with Gasteiger partial charge < -0.3 is 15.0 Å². The Labute approximate surface area is 112 Å². The maximum Gasteiger partial charge on any atom is 0.322 e. The third kappa shape index (κ3) is 3.20. The molecule has 0 bridgehead atoms. The lowest BCUT2D eigenvalue weighted by Gasteiger charge is -2.35. The lowest BCUT2D eigenvalue weighted by atomic mass is 9.99. The number of ether oxygens (including phenoxy) is 1. The van der Waals surface area contributed by atoms with Crippen LogP contribution in [0.1, 0.15) is 19.8 Å². The number of anilines is 1. The minimum Gasteiger partial charge on any atom is -0.467 e. The fraction of sp³-hybridized carbons (Fsp3) is 0.727. The molecule has 1 aromatic rings. The van der Waals surface area contributed by atoms with Gasteiger partial charge in [0, 0.05) is 18.6 Å². The highest BCUT2D eigenvalue weighted by Crippen LogP contribution is 2.19. The summed E-state index contributed by atoms with van der Waals surface area (Å²) in [5.74, 6) is 0.480. The molecule has 0 aliphatic carbocycles. The van der Waals surface area contributed by atoms with Gasteiger partial charge in [-0.2, -0.15) is 15.0 Å². The van der Waals surface area contributed by atoms with Gasteiger partial charge in [0.25, 0.3) is 0 Å². The Bertz CT molecular complexity index is 416. The van der Waals surface area contributed by atoms with E-state index in [1.807, 2.05) is 0 Å². The first kappa shape index (κ1) is 13.3. The van der Waals surface area contributed by atoms with Gasteiger partial charge in [-0.3, -0.25) is 0 Å². The van der Waals surface area contributed by atoms with E-state index in [1.54, 1.807) is 0 Å². The molecule has 1 fully saturated rings. The number of hydrogen-bond donors (Lipinski definition) is 1. The second kappa shape index (κ2) is 5.67. The van der Waals surface area contributed by atoms with Gasteiger partial charge >= 0.3 is 6.01 Å². The molecule has 2 heterocycles. The summed E-state index contributed by atoms with van der Waals surface area (Å²) in [6.07, 6.45) is 2.12. The third-order valence-electron chi connectivity index (χ3n) is 3.31. The number of rotatable bonds is 3. The van der Waals surface area contributed by atoms with E-state index in [-0.39, 0.29) is 11.3 Å². The molecule has 7 heteroatoms. The molecule has 1 aliphatic heterocycles. The Kier molecular flexibility index (Phi) is 4.19. The van der Waals surface area contributed by atoms with E-state index in [9.17, 15) is 0 Å². The summed E-state index contributed by atoms with van der Waals surface area (Å²) in [5.41, 5.74) is 0. The lowest BCUT2D eigenvalue weighted by molar-refractivity contribution is 0.189. The molecule has 2 unspecified atom stereocenters. The van der Waals surface area contributed by atoms with Crippen LogP contribution >= 0.6 is 11.6 Å². The second-order valence-electron chi connectivity index (χ2n) is 4.61. The van der Waals surface area contributed by atoms with Gasteiger partial charge in [0.2, 0.25) is 11.2 Å². The number of hydrogen-bond acceptors (Lipinski definition) is 6. The largest absolute Gasteiger partial charge is 0.467 e. The predicted molar refractivity (Wildman–Crippen MR) is 70.1 cm³/mol. The molecule has 2 rings (SSSR count). The monoisotopic (exact) mass is 271 g/mol. The normalized spacial score (nSPS) is 24.9. The Morgan fingerprint density at radius 2 is 2.17 bits per heavy atom. The van der Waals surface area contributed by atoms with Crippen molar-refractivity contribution in [3.63, 3.8) is 0 Å². The van der Waals surface area contributed by atoms with Crippen LogP contribution in [0.25, 0.3) is 0 Å². The number of nitrogens with zero attached hydrogens (tertiary/aromatic N) is 4. The topological polar surface area (TPSA) is 63.2 Å². The molecule has 1 saturated heterocycles. The number of piperidine rings is 1. The maximum absolute atomic E-state index is 5.81. The average molecular weight is 272 g/mol. The molecule has 1 aromatic heterocycles. The minimum atomic E-state index is 0.144. The van der Waals surface area contributed by atoms with Gasteiger partial charge in [-0.25, -0.2) is 0 Å². The number of aromatic nitrogens is 3. The molecule has 0 radical (unpaired) electrons. The average Bonchev–Trinajstić information content (AvgIpc) is 2.33. The summed E-state index contributed by atoms with van der Waals surface area (Å²) in [6, 6.07) is 1.15. The van der Waals surface area contributed by atoms with Gasteiger partial charge in [0.1, 0.15) is 0 Å². The number of halogens is 1. The zero-order chi connectivity index (χ0) is 13.1. The first-order valence-corrected chi connectivity index (χ1v) is 6.38. The van der Waals surface area contributed by atoms with Gasteiger partial charge in [0.05, 0.1) is 7.11 Å². The molecule has 0 saturated carbocycles. The van der Waals surface area contributed by atoms with Crippen molar-refractivity contribution in [2.75, 3.05) is 26.0 Å². The van der Waals surface area contributed by atoms with E-state index in [4.69, 9.17) is 16.3 Å². The van der Waals surface area contributed by atoms with E-state index in [0.29, 0.717) is 18.0 Å². The maximum atomic E-state index is 5.81. The number of likely N-dealkylation sites (tertiary alicyclic amines) is 1. The Morgan fingerprint density at radius 3 is 2.83 bits per heavy atom. The highest BCUT2D eigenvalue weighted by atomic mass is 35.5. The van der Waals surface area contributed by atoms with Crippen molar-refractivity contribution in [3.8, 4) is 6.01 Å². The number of nitrogens with one attached hydrogen (secondary N) is 1. The smallest absolute Gasteiger partial charge is 0.322 e. The summed E-state index contributed by atoms with van der Waals surface area (Å²) >= 11 is 5.81. The van der Waals surface area contributed by atoms with Crippen molar-refractivity contribution in [1.29, 1.82) is 0 Å². The quantitative estimate of drug-likeness (QED) is 0.897. The van der Waals surface area contributed by atoms with E-state index in [0.717, 1.165) is 19.4 Å². The Morgan fingerprint density at radius 1 is 1.39 bits per heavy atom. The first-order chi connectivity index (χ1) is 8.58. The Balaban J connectivity index is 2.03. The van der Waals surface area contributed by atoms with Crippen LogP contribution < -0.4 is 10.1 Å². The molecular weight excluding hydrogens is 254 g/mol. The minimum absolute atomic E-state index is 0.144. The van der Waals surface area contributed by atoms with Crippen LogP contribution in [0.5, 0.6) is 6.01 Å². The highest BCUT2D eigenvalue weighted by molar-refractivity contribution is 6.28. The zero-order valence-corrected chi connectivity index (χ0v) is 11.6. The van der Waals surface area contributed by atoms with Crippen LogP contribution in [-0.4, -0.2) is 52.6 Å². The van der Waals surface area contributed by atoms with Crippen molar-refractivity contribution in [2.24, 2.45) is 0 Å². The predicted octanol–water partition coefficient (Wildman–Crippen LogP) is 1.43. The molecule has 0 aromatic carbocycles. The van der Waals surface area contributed by atoms with Crippen LogP contribution in [0.15, 0.2) is 0 Å². The summed E-state index contributed by atoms with van der Waals surface area (Å²) < 4.78 is 4.97. The van der Waals surface area contributed by atoms with Gasteiger partial charge in [-0.1, -0.05) is 0 Å². The molecule has 6 nitrogen and oxygen atoms in total. The van der Waals surface area contributed by atoms with Crippen LogP contribution in [0.2, 0.25) is 5.28 Å². The fourth-order valence-corrected chi connectivity index (χ4v) is 2.24. The van der Waals surface area contributed by atoms with Crippen LogP contribution in [0.3, 0.4) is 0 Å². The van der Waals surface area contributed by atoms with E-state index in [2.05, 4.69) is 39.1 Å². The third-order valence-corrected chi connectivity index (χ3v) is 3.48. The molecule has 18 heavy (non-hydrogen) atoms. The summed E-state index contributed by atoms with van der Waals surface area (Å²) in [7, 11) is 3.65. The molecule has 0 spiro atoms. The summed E-state index contributed by atoms with van der Waals surface area (Å²) in [6.45, 7) is 3.28. The molecule has 100 valence electrons. The van der Waals surface area contributed by atoms with E-state index in [1.165, 1.54) is 7.11 Å². The summed E-state index contributed by atoms with van der Waals surface area (Å²) in [4.78, 5) is 14.4. The van der Waals surface area contributed by atoms with E-state index < -0.39 is 0 Å². The molecule has 0 amide bonds. The molecular formula is C11H18ClN5O. The molecule has 1 N–H and O–H groups in total. The van der Waals surface area contributed by atoms with Crippen LogP contribution in [0.4, 0.5) is 5.95 Å². The van der Waals surface area contributed by atoms with Crippen molar-refractivity contribution in [2.45, 2.75) is 31.8 Å². The van der Waals surface area contributed by atoms with Crippen molar-refractivity contribution >= 4 is 17.5 Å². The van der Waals surface area contributed by atoms with Crippen molar-refractivity contribution in [3.05, 3.63) is 5.28 Å².